The van der Waals surface area contributed by atoms with Crippen LogP contribution in [-0.4, -0.2) is 12.0 Å². The Morgan fingerprint density at radius 2 is 1.78 bits per heavy atom. The van der Waals surface area contributed by atoms with Crippen molar-refractivity contribution in [3.8, 4) is 0 Å². The second kappa shape index (κ2) is 10.6. The number of aryl methyl sites for hydroxylation is 1. The Morgan fingerprint density at radius 3 is 2.58 bits per heavy atom. The van der Waals surface area contributed by atoms with E-state index in [0.29, 0.717) is 23.3 Å². The molecule has 2 nitrogen and oxygen atoms in total. The highest BCUT2D eigenvalue weighted by Crippen LogP contribution is 2.40. The van der Waals surface area contributed by atoms with E-state index < -0.39 is 0 Å². The van der Waals surface area contributed by atoms with E-state index in [0.717, 1.165) is 24.9 Å². The van der Waals surface area contributed by atoms with Crippen LogP contribution in [-0.2, 0) is 0 Å². The molecular weight excluding hydrogens is 438 g/mol. The van der Waals surface area contributed by atoms with Crippen LogP contribution in [0.3, 0.4) is 0 Å². The van der Waals surface area contributed by atoms with Gasteiger partial charge in [-0.05, 0) is 97.4 Å². The summed E-state index contributed by atoms with van der Waals surface area (Å²) in [5.74, 6) is 1.36. The molecule has 3 aromatic rings. The fraction of sp³-hybridized carbons (Fsp3) is 0.294. The molecule has 0 heterocycles. The Bertz CT molecular complexity index is 1330. The molecule has 0 N–H and O–H groups in total. The molecule has 2 heteroatoms. The van der Waals surface area contributed by atoms with Crippen LogP contribution in [0, 0.1) is 18.8 Å². The second-order valence-corrected chi connectivity index (χ2v) is 10.4. The number of aliphatic imine (C=N–C) groups is 1. The Labute approximate surface area is 215 Å². The number of carbonyl (C=O) groups excluding carboxylic acids is 1. The SMILES string of the molecule is C=C(c1ccc2c(c1)C=CC2c1ccc(C)cc1)C1CCCC(C=Nc2ccccc2C(C)=O)CC1. The zero-order valence-electron chi connectivity index (χ0n) is 21.4. The second-order valence-electron chi connectivity index (χ2n) is 10.4. The van der Waals surface area contributed by atoms with E-state index in [4.69, 9.17) is 4.99 Å². The monoisotopic (exact) mass is 473 g/mol. The topological polar surface area (TPSA) is 29.4 Å². The van der Waals surface area contributed by atoms with E-state index in [2.05, 4.69) is 74.3 Å². The molecule has 0 aromatic heterocycles. The van der Waals surface area contributed by atoms with Gasteiger partial charge in [0.15, 0.2) is 5.78 Å². The number of benzene rings is 3. The maximum absolute atomic E-state index is 11.9. The molecular formula is C34H35NO. The molecule has 182 valence electrons. The smallest absolute Gasteiger partial charge is 0.161 e. The zero-order valence-corrected chi connectivity index (χ0v) is 21.4. The minimum atomic E-state index is 0.0642. The lowest BCUT2D eigenvalue weighted by molar-refractivity contribution is 0.101. The van der Waals surface area contributed by atoms with Gasteiger partial charge < -0.3 is 0 Å². The normalized spacial score (nSPS) is 21.3. The summed E-state index contributed by atoms with van der Waals surface area (Å²) in [5, 5.41) is 0. The van der Waals surface area contributed by atoms with Crippen molar-refractivity contribution in [2.24, 2.45) is 16.8 Å². The standard InChI is InChI=1S/C34H35NO/c1-23-11-14-28(15-12-23)32-20-18-30-21-29(17-19-33(30)32)24(2)27-8-6-7-26(13-16-27)22-35-34-10-5-4-9-31(34)25(3)36/h4-5,9-12,14-15,17-22,26-27,32H,2,6-8,13,16H2,1,3H3. The van der Waals surface area contributed by atoms with Gasteiger partial charge in [-0.3, -0.25) is 9.79 Å². The summed E-state index contributed by atoms with van der Waals surface area (Å²) in [6, 6.07) is 23.4. The molecule has 3 unspecified atom stereocenters. The highest BCUT2D eigenvalue weighted by Gasteiger charge is 2.23. The first-order valence-corrected chi connectivity index (χ1v) is 13.2. The Kier molecular flexibility index (Phi) is 7.13. The Morgan fingerprint density at radius 1 is 0.972 bits per heavy atom. The first kappa shape index (κ1) is 24.2. The lowest BCUT2D eigenvalue weighted by atomic mass is 9.85. The largest absolute Gasteiger partial charge is 0.294 e. The van der Waals surface area contributed by atoms with E-state index >= 15 is 0 Å². The van der Waals surface area contributed by atoms with Crippen LogP contribution in [0.4, 0.5) is 5.69 Å². The number of nitrogens with zero attached hydrogens (tertiary/aromatic N) is 1. The molecule has 3 aromatic carbocycles. The van der Waals surface area contributed by atoms with Crippen molar-refractivity contribution in [2.75, 3.05) is 0 Å². The molecule has 36 heavy (non-hydrogen) atoms. The predicted octanol–water partition coefficient (Wildman–Crippen LogP) is 8.97. The van der Waals surface area contributed by atoms with E-state index in [1.165, 1.54) is 46.2 Å². The highest BCUT2D eigenvalue weighted by atomic mass is 16.1. The van der Waals surface area contributed by atoms with Gasteiger partial charge in [0.25, 0.3) is 0 Å². The summed E-state index contributed by atoms with van der Waals surface area (Å²) >= 11 is 0. The van der Waals surface area contributed by atoms with Gasteiger partial charge in [0, 0.05) is 17.7 Å². The average molecular weight is 474 g/mol. The number of hydrogen-bond donors (Lipinski definition) is 0. The molecule has 2 aliphatic rings. The zero-order chi connectivity index (χ0) is 25.1. The molecule has 0 bridgehead atoms. The molecule has 0 aliphatic heterocycles. The number of rotatable bonds is 6. The van der Waals surface area contributed by atoms with Crippen LogP contribution in [0.15, 0.2) is 84.4 Å². The van der Waals surface area contributed by atoms with Gasteiger partial charge >= 0.3 is 0 Å². The number of para-hydroxylation sites is 1. The maximum Gasteiger partial charge on any atom is 0.161 e. The third-order valence-electron chi connectivity index (χ3n) is 7.91. The third kappa shape index (κ3) is 5.18. The Hall–Kier alpha value is -3.52. The summed E-state index contributed by atoms with van der Waals surface area (Å²) < 4.78 is 0. The van der Waals surface area contributed by atoms with Crippen molar-refractivity contribution in [3.63, 3.8) is 0 Å². The fourth-order valence-corrected chi connectivity index (χ4v) is 5.70. The lowest BCUT2D eigenvalue weighted by Crippen LogP contribution is -2.04. The molecule has 0 saturated heterocycles. The van der Waals surface area contributed by atoms with Crippen molar-refractivity contribution in [2.45, 2.75) is 51.9 Å². The fourth-order valence-electron chi connectivity index (χ4n) is 5.70. The van der Waals surface area contributed by atoms with Crippen LogP contribution >= 0.6 is 0 Å². The van der Waals surface area contributed by atoms with Crippen molar-refractivity contribution in [1.29, 1.82) is 0 Å². The number of carbonyl (C=O) groups is 1. The minimum absolute atomic E-state index is 0.0642. The summed E-state index contributed by atoms with van der Waals surface area (Å²) in [6.45, 7) is 8.30. The van der Waals surface area contributed by atoms with E-state index in [-0.39, 0.29) is 5.78 Å². The molecule has 5 rings (SSSR count). The van der Waals surface area contributed by atoms with Gasteiger partial charge in [0.05, 0.1) is 5.69 Å². The van der Waals surface area contributed by atoms with Gasteiger partial charge in [0.2, 0.25) is 0 Å². The first-order chi connectivity index (χ1) is 17.5. The molecule has 0 spiro atoms. The predicted molar refractivity (Wildman–Crippen MR) is 152 cm³/mol. The quantitative estimate of drug-likeness (QED) is 0.199. The number of hydrogen-bond acceptors (Lipinski definition) is 2. The Balaban J connectivity index is 1.25. The van der Waals surface area contributed by atoms with E-state index in [9.17, 15) is 4.79 Å². The van der Waals surface area contributed by atoms with Gasteiger partial charge in [-0.2, -0.15) is 0 Å². The van der Waals surface area contributed by atoms with Crippen LogP contribution in [0.25, 0.3) is 11.6 Å². The minimum Gasteiger partial charge on any atom is -0.294 e. The molecule has 2 aliphatic carbocycles. The van der Waals surface area contributed by atoms with Gasteiger partial charge in [-0.15, -0.1) is 0 Å². The van der Waals surface area contributed by atoms with Crippen LogP contribution in [0.5, 0.6) is 0 Å². The lowest BCUT2D eigenvalue weighted by Gasteiger charge is -2.19. The average Bonchev–Trinajstić information content (AvgIpc) is 3.17. The summed E-state index contributed by atoms with van der Waals surface area (Å²) in [6.07, 6.45) is 12.4. The van der Waals surface area contributed by atoms with Crippen LogP contribution in [0.1, 0.15) is 83.1 Å². The van der Waals surface area contributed by atoms with Gasteiger partial charge in [0.1, 0.15) is 0 Å². The molecule has 0 radical (unpaired) electrons. The van der Waals surface area contributed by atoms with Crippen molar-refractivity contribution in [1.82, 2.24) is 0 Å². The summed E-state index contributed by atoms with van der Waals surface area (Å²) in [5.41, 5.74) is 9.38. The molecule has 0 amide bonds. The summed E-state index contributed by atoms with van der Waals surface area (Å²) in [7, 11) is 0. The summed E-state index contributed by atoms with van der Waals surface area (Å²) in [4.78, 5) is 16.6. The van der Waals surface area contributed by atoms with E-state index in [1.807, 2.05) is 24.3 Å². The van der Waals surface area contributed by atoms with E-state index in [1.54, 1.807) is 6.92 Å². The highest BCUT2D eigenvalue weighted by molar-refractivity contribution is 5.99. The first-order valence-electron chi connectivity index (χ1n) is 13.2. The van der Waals surface area contributed by atoms with Gasteiger partial charge in [-0.1, -0.05) is 79.2 Å². The number of fused-ring (bicyclic) bond motifs is 1. The maximum atomic E-state index is 11.9. The van der Waals surface area contributed by atoms with Crippen LogP contribution in [0.2, 0.25) is 0 Å². The van der Waals surface area contributed by atoms with Crippen molar-refractivity contribution < 1.29 is 4.79 Å². The number of ketones is 1. The molecule has 3 atom stereocenters. The van der Waals surface area contributed by atoms with Crippen molar-refractivity contribution >= 4 is 29.3 Å². The number of allylic oxidation sites excluding steroid dienone is 2. The third-order valence-corrected chi connectivity index (χ3v) is 7.91. The number of Topliss-reactive ketones (excluding diaryl/α,β-unsaturated/α-hetero) is 1. The van der Waals surface area contributed by atoms with Crippen molar-refractivity contribution in [3.05, 3.63) is 113 Å². The molecule has 1 saturated carbocycles. The van der Waals surface area contributed by atoms with Gasteiger partial charge in [-0.25, -0.2) is 0 Å². The van der Waals surface area contributed by atoms with Crippen LogP contribution < -0.4 is 0 Å². The molecule has 1 fully saturated rings.